The molecule has 0 saturated heterocycles. The number of ketones is 1. The third kappa shape index (κ3) is 1.96. The second-order valence-electron chi connectivity index (χ2n) is 2.83. The number of halogens is 1. The van der Waals surface area contributed by atoms with Gasteiger partial charge in [0.05, 0.1) is 10.7 Å². The molecule has 0 atom stereocenters. The molecule has 4 heteroatoms. The molecule has 14 heavy (non-hydrogen) atoms. The van der Waals surface area contributed by atoms with Crippen LogP contribution < -0.4 is 0 Å². The lowest BCUT2D eigenvalue weighted by molar-refractivity contribution is 0.0965. The van der Waals surface area contributed by atoms with Crippen molar-refractivity contribution in [3.63, 3.8) is 0 Å². The van der Waals surface area contributed by atoms with Gasteiger partial charge in [0.2, 0.25) is 5.78 Å². The average Bonchev–Trinajstić information content (AvgIpc) is 2.75. The topological polar surface area (TPSA) is 30.2 Å². The molecular weight excluding hydrogens is 264 g/mol. The summed E-state index contributed by atoms with van der Waals surface area (Å²) in [5.41, 5.74) is 1.03. The van der Waals surface area contributed by atoms with Gasteiger partial charge in [0.1, 0.15) is 0 Å². The Kier molecular flexibility index (Phi) is 2.84. The molecular formula is C10H7BrO2S. The highest BCUT2D eigenvalue weighted by atomic mass is 79.9. The fraction of sp³-hybridized carbons (Fsp3) is 0.100. The van der Waals surface area contributed by atoms with Crippen molar-refractivity contribution in [1.29, 1.82) is 0 Å². The highest BCUT2D eigenvalue weighted by Crippen LogP contribution is 2.20. The number of furan rings is 1. The van der Waals surface area contributed by atoms with Crippen LogP contribution in [0.5, 0.6) is 0 Å². The summed E-state index contributed by atoms with van der Waals surface area (Å²) in [6.45, 7) is 0. The van der Waals surface area contributed by atoms with Gasteiger partial charge < -0.3 is 4.42 Å². The van der Waals surface area contributed by atoms with E-state index in [-0.39, 0.29) is 5.78 Å². The number of Topliss-reactive ketones (excluding diaryl/α,β-unsaturated/α-hetero) is 1. The first-order chi connectivity index (χ1) is 6.77. The number of carbonyl (C=O) groups excluding carboxylic acids is 1. The smallest absolute Gasteiger partial charge is 0.203 e. The molecule has 0 aliphatic carbocycles. The van der Waals surface area contributed by atoms with Gasteiger partial charge in [-0.25, -0.2) is 0 Å². The summed E-state index contributed by atoms with van der Waals surface area (Å²) in [6.07, 6.45) is 1.90. The van der Waals surface area contributed by atoms with Crippen LogP contribution in [-0.4, -0.2) is 5.78 Å². The number of hydrogen-bond acceptors (Lipinski definition) is 3. The molecule has 0 unspecified atom stereocenters. The minimum absolute atomic E-state index is 0.000255. The molecule has 0 radical (unpaired) electrons. The van der Waals surface area contributed by atoms with Crippen LogP contribution in [0.2, 0.25) is 0 Å². The van der Waals surface area contributed by atoms with Gasteiger partial charge in [0, 0.05) is 6.42 Å². The fourth-order valence-corrected chi connectivity index (χ4v) is 2.24. The summed E-state index contributed by atoms with van der Waals surface area (Å²) in [6, 6.07) is 3.67. The Morgan fingerprint density at radius 3 is 2.93 bits per heavy atom. The van der Waals surface area contributed by atoms with Crippen LogP contribution in [0.4, 0.5) is 0 Å². The van der Waals surface area contributed by atoms with E-state index in [1.165, 1.54) is 6.26 Å². The van der Waals surface area contributed by atoms with Gasteiger partial charge in [0.25, 0.3) is 0 Å². The van der Waals surface area contributed by atoms with Crippen molar-refractivity contribution < 1.29 is 9.21 Å². The second kappa shape index (κ2) is 4.11. The van der Waals surface area contributed by atoms with Crippen molar-refractivity contribution in [3.8, 4) is 0 Å². The molecule has 72 valence electrons. The number of thiophene rings is 1. The van der Waals surface area contributed by atoms with Crippen molar-refractivity contribution >= 4 is 33.0 Å². The molecule has 0 amide bonds. The van der Waals surface area contributed by atoms with Crippen LogP contribution in [0.1, 0.15) is 16.1 Å². The van der Waals surface area contributed by atoms with E-state index in [0.717, 1.165) is 10.0 Å². The maximum atomic E-state index is 11.7. The molecule has 2 heterocycles. The van der Waals surface area contributed by atoms with Crippen molar-refractivity contribution in [3.05, 3.63) is 45.0 Å². The van der Waals surface area contributed by atoms with E-state index in [4.69, 9.17) is 4.42 Å². The molecule has 0 aromatic carbocycles. The quantitative estimate of drug-likeness (QED) is 0.799. The lowest BCUT2D eigenvalue weighted by Gasteiger charge is -1.95. The number of carbonyl (C=O) groups is 1. The highest BCUT2D eigenvalue weighted by molar-refractivity contribution is 9.10. The van der Waals surface area contributed by atoms with E-state index >= 15 is 0 Å². The maximum absolute atomic E-state index is 11.7. The molecule has 0 aliphatic heterocycles. The molecule has 0 spiro atoms. The summed E-state index contributed by atoms with van der Waals surface area (Å²) in [7, 11) is 0. The zero-order chi connectivity index (χ0) is 9.97. The van der Waals surface area contributed by atoms with E-state index in [1.807, 2.05) is 16.8 Å². The zero-order valence-electron chi connectivity index (χ0n) is 7.20. The van der Waals surface area contributed by atoms with Gasteiger partial charge in [-0.2, -0.15) is 11.3 Å². The molecule has 0 aliphatic rings. The zero-order valence-corrected chi connectivity index (χ0v) is 9.60. The summed E-state index contributed by atoms with van der Waals surface area (Å²) in [5.74, 6) is 0.400. The molecule has 2 aromatic heterocycles. The van der Waals surface area contributed by atoms with Gasteiger partial charge >= 0.3 is 0 Å². The van der Waals surface area contributed by atoms with Crippen LogP contribution in [-0.2, 0) is 6.42 Å². The van der Waals surface area contributed by atoms with Crippen LogP contribution in [0.15, 0.2) is 38.0 Å². The van der Waals surface area contributed by atoms with E-state index in [2.05, 4.69) is 15.9 Å². The fourth-order valence-electron chi connectivity index (χ4n) is 1.15. The van der Waals surface area contributed by atoms with Crippen LogP contribution in [0.3, 0.4) is 0 Å². The first-order valence-electron chi connectivity index (χ1n) is 4.04. The number of rotatable bonds is 3. The molecule has 2 nitrogen and oxygen atoms in total. The summed E-state index contributed by atoms with van der Waals surface area (Å²) in [5, 5.41) is 3.93. The normalized spacial score (nSPS) is 10.4. The Labute approximate surface area is 93.7 Å². The Morgan fingerprint density at radius 2 is 2.36 bits per heavy atom. The minimum Gasteiger partial charge on any atom is -0.460 e. The van der Waals surface area contributed by atoms with Gasteiger partial charge in [0.15, 0.2) is 5.76 Å². The van der Waals surface area contributed by atoms with Crippen molar-refractivity contribution in [2.45, 2.75) is 6.42 Å². The minimum atomic E-state index is 0.000255. The van der Waals surface area contributed by atoms with E-state index in [0.29, 0.717) is 12.2 Å². The first kappa shape index (κ1) is 9.68. The van der Waals surface area contributed by atoms with Crippen LogP contribution in [0.25, 0.3) is 0 Å². The average molecular weight is 271 g/mol. The lowest BCUT2D eigenvalue weighted by Crippen LogP contribution is -2.01. The maximum Gasteiger partial charge on any atom is 0.203 e. The SMILES string of the molecule is O=C(Cc1ccsc1)c1occc1Br. The Morgan fingerprint density at radius 1 is 1.50 bits per heavy atom. The molecule has 0 fully saturated rings. The van der Waals surface area contributed by atoms with E-state index < -0.39 is 0 Å². The Balaban J connectivity index is 2.14. The molecule has 0 N–H and O–H groups in total. The van der Waals surface area contributed by atoms with Crippen molar-refractivity contribution in [1.82, 2.24) is 0 Å². The van der Waals surface area contributed by atoms with E-state index in [1.54, 1.807) is 17.4 Å². The van der Waals surface area contributed by atoms with Crippen molar-refractivity contribution in [2.24, 2.45) is 0 Å². The van der Waals surface area contributed by atoms with Crippen LogP contribution in [0, 0.1) is 0 Å². The van der Waals surface area contributed by atoms with Gasteiger partial charge in [-0.1, -0.05) is 0 Å². The molecule has 0 saturated carbocycles. The van der Waals surface area contributed by atoms with Gasteiger partial charge in [-0.15, -0.1) is 0 Å². The summed E-state index contributed by atoms with van der Waals surface area (Å²) < 4.78 is 5.80. The molecule has 2 rings (SSSR count). The van der Waals surface area contributed by atoms with Crippen LogP contribution >= 0.6 is 27.3 Å². The summed E-state index contributed by atoms with van der Waals surface area (Å²) in [4.78, 5) is 11.7. The predicted octanol–water partition coefficient (Wildman–Crippen LogP) is 3.53. The van der Waals surface area contributed by atoms with Gasteiger partial charge in [-0.05, 0) is 44.4 Å². The number of hydrogen-bond donors (Lipinski definition) is 0. The predicted molar refractivity (Wildman–Crippen MR) is 58.8 cm³/mol. The van der Waals surface area contributed by atoms with Crippen molar-refractivity contribution in [2.75, 3.05) is 0 Å². The largest absolute Gasteiger partial charge is 0.460 e. The Bertz CT molecular complexity index is 431. The highest BCUT2D eigenvalue weighted by Gasteiger charge is 2.14. The Hall–Kier alpha value is -0.870. The third-order valence-corrected chi connectivity index (χ3v) is 3.17. The molecule has 2 aromatic rings. The lowest BCUT2D eigenvalue weighted by atomic mass is 10.1. The van der Waals surface area contributed by atoms with E-state index in [9.17, 15) is 4.79 Å². The first-order valence-corrected chi connectivity index (χ1v) is 5.78. The summed E-state index contributed by atoms with van der Waals surface area (Å²) >= 11 is 4.85. The van der Waals surface area contributed by atoms with Gasteiger partial charge in [-0.3, -0.25) is 4.79 Å². The monoisotopic (exact) mass is 270 g/mol. The second-order valence-corrected chi connectivity index (χ2v) is 4.46. The molecule has 0 bridgehead atoms. The standard InChI is InChI=1S/C10H7BrO2S/c11-8-1-3-13-10(8)9(12)5-7-2-4-14-6-7/h1-4,6H,5H2. The third-order valence-electron chi connectivity index (χ3n) is 1.82.